The van der Waals surface area contributed by atoms with Gasteiger partial charge in [0.2, 0.25) is 5.91 Å². The van der Waals surface area contributed by atoms with E-state index in [1.165, 1.54) is 5.69 Å². The zero-order chi connectivity index (χ0) is 18.5. The number of rotatable bonds is 10. The van der Waals surface area contributed by atoms with Gasteiger partial charge in [0.15, 0.2) is 5.96 Å². The van der Waals surface area contributed by atoms with Crippen molar-refractivity contribution in [1.29, 1.82) is 0 Å². The molecule has 1 rings (SSSR count). The molecule has 1 aromatic rings. The summed E-state index contributed by atoms with van der Waals surface area (Å²) in [6.07, 6.45) is 1.45. The van der Waals surface area contributed by atoms with E-state index < -0.39 is 0 Å². The van der Waals surface area contributed by atoms with E-state index in [4.69, 9.17) is 0 Å². The maximum absolute atomic E-state index is 11.6. The molecule has 1 amide bonds. The third-order valence-corrected chi connectivity index (χ3v) is 3.72. The maximum atomic E-state index is 11.6. The van der Waals surface area contributed by atoms with Crippen LogP contribution in [0.5, 0.6) is 0 Å². The van der Waals surface area contributed by atoms with Gasteiger partial charge < -0.3 is 20.9 Å². The number of hydrogen-bond acceptors (Lipinski definition) is 3. The van der Waals surface area contributed by atoms with Gasteiger partial charge in [-0.1, -0.05) is 18.2 Å². The van der Waals surface area contributed by atoms with E-state index >= 15 is 0 Å². The molecule has 0 fully saturated rings. The van der Waals surface area contributed by atoms with Crippen LogP contribution in [0, 0.1) is 0 Å². The zero-order valence-electron chi connectivity index (χ0n) is 16.4. The zero-order valence-corrected chi connectivity index (χ0v) is 18.7. The second kappa shape index (κ2) is 14.6. The van der Waals surface area contributed by atoms with E-state index in [1.807, 2.05) is 19.9 Å². The Kier molecular flexibility index (Phi) is 13.8. The minimum absolute atomic E-state index is 0. The van der Waals surface area contributed by atoms with Crippen LogP contribution in [-0.4, -0.2) is 51.1 Å². The lowest BCUT2D eigenvalue weighted by Crippen LogP contribution is -2.41. The fourth-order valence-electron chi connectivity index (χ4n) is 2.49. The molecule has 0 bridgehead atoms. The number of halogens is 1. The fourth-order valence-corrected chi connectivity index (χ4v) is 2.49. The van der Waals surface area contributed by atoms with Gasteiger partial charge in [0, 0.05) is 51.4 Å². The van der Waals surface area contributed by atoms with Crippen molar-refractivity contribution in [3.63, 3.8) is 0 Å². The molecule has 0 atom stereocenters. The van der Waals surface area contributed by atoms with Crippen LogP contribution < -0.4 is 20.9 Å². The molecule has 26 heavy (non-hydrogen) atoms. The molecule has 0 aliphatic rings. The highest BCUT2D eigenvalue weighted by molar-refractivity contribution is 14.0. The molecule has 0 aliphatic heterocycles. The summed E-state index contributed by atoms with van der Waals surface area (Å²) in [5, 5.41) is 9.34. The molecule has 0 saturated heterocycles. The van der Waals surface area contributed by atoms with Crippen molar-refractivity contribution in [2.45, 2.75) is 39.7 Å². The van der Waals surface area contributed by atoms with Crippen molar-refractivity contribution in [2.75, 3.05) is 38.1 Å². The molecule has 0 aromatic heterocycles. The Bertz CT molecular complexity index is 522. The third-order valence-electron chi connectivity index (χ3n) is 3.72. The van der Waals surface area contributed by atoms with E-state index in [2.05, 4.69) is 57.0 Å². The van der Waals surface area contributed by atoms with E-state index in [1.54, 1.807) is 7.05 Å². The number of guanidine groups is 1. The molecule has 7 heteroatoms. The monoisotopic (exact) mass is 475 g/mol. The van der Waals surface area contributed by atoms with Crippen molar-refractivity contribution in [1.82, 2.24) is 16.0 Å². The molecule has 0 heterocycles. The summed E-state index contributed by atoms with van der Waals surface area (Å²) in [4.78, 5) is 18.2. The number of anilines is 1. The van der Waals surface area contributed by atoms with Gasteiger partial charge in [-0.3, -0.25) is 9.79 Å². The van der Waals surface area contributed by atoms with Gasteiger partial charge in [-0.2, -0.15) is 0 Å². The summed E-state index contributed by atoms with van der Waals surface area (Å²) in [5.41, 5.74) is 1.25. The molecule has 0 aliphatic carbocycles. The van der Waals surface area contributed by atoms with Crippen LogP contribution >= 0.6 is 24.0 Å². The number of para-hydroxylation sites is 1. The lowest BCUT2D eigenvalue weighted by Gasteiger charge is -2.23. The van der Waals surface area contributed by atoms with E-state index in [0.717, 1.165) is 32.0 Å². The molecular weight excluding hydrogens is 441 g/mol. The van der Waals surface area contributed by atoms with E-state index in [0.29, 0.717) is 13.0 Å². The van der Waals surface area contributed by atoms with Gasteiger partial charge in [0.1, 0.15) is 0 Å². The molecule has 0 spiro atoms. The quantitative estimate of drug-likeness (QED) is 0.211. The number of nitrogens with one attached hydrogen (secondary N) is 3. The SMILES string of the molecule is CCN(CCCNC(=NC)NCCC(=O)NC(C)C)c1ccccc1.I. The van der Waals surface area contributed by atoms with Crippen LogP contribution in [0.25, 0.3) is 0 Å². The predicted octanol–water partition coefficient (Wildman–Crippen LogP) is 2.60. The lowest BCUT2D eigenvalue weighted by molar-refractivity contribution is -0.121. The molecular formula is C19H34IN5O. The smallest absolute Gasteiger partial charge is 0.221 e. The van der Waals surface area contributed by atoms with Crippen LogP contribution in [0.4, 0.5) is 5.69 Å². The highest BCUT2D eigenvalue weighted by Gasteiger charge is 2.05. The summed E-state index contributed by atoms with van der Waals surface area (Å²) in [6.45, 7) is 9.47. The Hall–Kier alpha value is -1.51. The van der Waals surface area contributed by atoms with Crippen molar-refractivity contribution in [3.05, 3.63) is 30.3 Å². The van der Waals surface area contributed by atoms with Crippen molar-refractivity contribution >= 4 is 41.5 Å². The van der Waals surface area contributed by atoms with Crippen molar-refractivity contribution in [2.24, 2.45) is 4.99 Å². The first-order valence-corrected chi connectivity index (χ1v) is 9.10. The molecule has 1 aromatic carbocycles. The van der Waals surface area contributed by atoms with Crippen LogP contribution in [0.15, 0.2) is 35.3 Å². The van der Waals surface area contributed by atoms with Gasteiger partial charge in [0.25, 0.3) is 0 Å². The van der Waals surface area contributed by atoms with Gasteiger partial charge in [-0.15, -0.1) is 24.0 Å². The lowest BCUT2D eigenvalue weighted by atomic mass is 10.2. The van der Waals surface area contributed by atoms with Gasteiger partial charge in [0.05, 0.1) is 0 Å². The Morgan fingerprint density at radius 2 is 1.81 bits per heavy atom. The molecule has 6 nitrogen and oxygen atoms in total. The van der Waals surface area contributed by atoms with E-state index in [-0.39, 0.29) is 35.9 Å². The molecule has 3 N–H and O–H groups in total. The number of nitrogens with zero attached hydrogens (tertiary/aromatic N) is 2. The van der Waals surface area contributed by atoms with Crippen LogP contribution in [-0.2, 0) is 4.79 Å². The average Bonchev–Trinajstić information content (AvgIpc) is 2.60. The maximum Gasteiger partial charge on any atom is 0.221 e. The molecule has 0 unspecified atom stereocenters. The highest BCUT2D eigenvalue weighted by atomic mass is 127. The Labute approximate surface area is 175 Å². The summed E-state index contributed by atoms with van der Waals surface area (Å²) in [6, 6.07) is 10.6. The number of carbonyl (C=O) groups excluding carboxylic acids is 1. The van der Waals surface area contributed by atoms with Gasteiger partial charge >= 0.3 is 0 Å². The van der Waals surface area contributed by atoms with Crippen LogP contribution in [0.1, 0.15) is 33.6 Å². The third kappa shape index (κ3) is 10.5. The molecule has 148 valence electrons. The Balaban J connectivity index is 0.00000625. The second-order valence-electron chi connectivity index (χ2n) is 6.17. The fraction of sp³-hybridized carbons (Fsp3) is 0.579. The first-order chi connectivity index (χ1) is 12.1. The average molecular weight is 475 g/mol. The standard InChI is InChI=1S/C19H33N5O.HI/c1-5-24(17-10-7-6-8-11-17)15-9-13-21-19(20-4)22-14-12-18(25)23-16(2)3;/h6-8,10-11,16H,5,9,12-15H2,1-4H3,(H,23,25)(H2,20,21,22);1H. The second-order valence-corrected chi connectivity index (χ2v) is 6.17. The number of hydrogen-bond donors (Lipinski definition) is 3. The summed E-state index contributed by atoms with van der Waals surface area (Å²) < 4.78 is 0. The Morgan fingerprint density at radius 1 is 1.15 bits per heavy atom. The van der Waals surface area contributed by atoms with Gasteiger partial charge in [-0.25, -0.2) is 0 Å². The minimum atomic E-state index is 0. The number of carbonyl (C=O) groups is 1. The topological polar surface area (TPSA) is 68.8 Å². The van der Waals surface area contributed by atoms with Crippen molar-refractivity contribution < 1.29 is 4.79 Å². The largest absolute Gasteiger partial charge is 0.372 e. The first-order valence-electron chi connectivity index (χ1n) is 9.10. The predicted molar refractivity (Wildman–Crippen MR) is 122 cm³/mol. The van der Waals surface area contributed by atoms with E-state index in [9.17, 15) is 4.79 Å². The summed E-state index contributed by atoms with van der Waals surface area (Å²) in [7, 11) is 1.74. The van der Waals surface area contributed by atoms with Gasteiger partial charge in [-0.05, 0) is 39.3 Å². The van der Waals surface area contributed by atoms with Crippen LogP contribution in [0.3, 0.4) is 0 Å². The summed E-state index contributed by atoms with van der Waals surface area (Å²) in [5.74, 6) is 0.791. The summed E-state index contributed by atoms with van der Waals surface area (Å²) >= 11 is 0. The number of amides is 1. The van der Waals surface area contributed by atoms with Crippen molar-refractivity contribution in [3.8, 4) is 0 Å². The highest BCUT2D eigenvalue weighted by Crippen LogP contribution is 2.12. The number of aliphatic imine (C=N–C) groups is 1. The first kappa shape index (κ1) is 24.5. The Morgan fingerprint density at radius 3 is 2.38 bits per heavy atom. The minimum Gasteiger partial charge on any atom is -0.372 e. The normalized spacial score (nSPS) is 10.9. The molecule has 0 radical (unpaired) electrons. The molecule has 0 saturated carbocycles. The number of benzene rings is 1. The van der Waals surface area contributed by atoms with Crippen LogP contribution in [0.2, 0.25) is 0 Å².